The van der Waals surface area contributed by atoms with Crippen LogP contribution in [0.4, 0.5) is 0 Å². The number of carbonyl (C=O) groups excluding carboxylic acids is 1. The van der Waals surface area contributed by atoms with Gasteiger partial charge in [-0.1, -0.05) is 5.16 Å². The van der Waals surface area contributed by atoms with E-state index in [4.69, 9.17) is 15.7 Å². The second kappa shape index (κ2) is 5.55. The normalized spacial score (nSPS) is 18.6. The number of amidine groups is 1. The van der Waals surface area contributed by atoms with Crippen LogP contribution >= 0.6 is 0 Å². The van der Waals surface area contributed by atoms with Crippen molar-refractivity contribution in [1.82, 2.24) is 5.32 Å². The van der Waals surface area contributed by atoms with Crippen LogP contribution in [-0.4, -0.2) is 36.7 Å². The summed E-state index contributed by atoms with van der Waals surface area (Å²) in [6, 6.07) is -0.334. The third-order valence-electron chi connectivity index (χ3n) is 2.38. The van der Waals surface area contributed by atoms with E-state index in [-0.39, 0.29) is 17.8 Å². The van der Waals surface area contributed by atoms with Gasteiger partial charge in [-0.05, 0) is 18.8 Å². The first-order valence-electron chi connectivity index (χ1n) is 4.94. The van der Waals surface area contributed by atoms with Crippen LogP contribution in [0, 0.1) is 5.92 Å². The highest BCUT2D eigenvalue weighted by Gasteiger charge is 2.35. The maximum Gasteiger partial charge on any atom is 0.222 e. The maximum atomic E-state index is 11.4. The van der Waals surface area contributed by atoms with E-state index >= 15 is 0 Å². The molecule has 86 valence electrons. The number of carbonyl (C=O) groups is 1. The van der Waals surface area contributed by atoms with Crippen molar-refractivity contribution in [2.24, 2.45) is 16.8 Å². The molecule has 1 aliphatic rings. The lowest BCUT2D eigenvalue weighted by Crippen LogP contribution is -2.46. The largest absolute Gasteiger partial charge is 0.409 e. The highest BCUT2D eigenvalue weighted by Crippen LogP contribution is 2.32. The van der Waals surface area contributed by atoms with Crippen molar-refractivity contribution in [3.8, 4) is 0 Å². The molecule has 0 aromatic rings. The SMILES string of the molecule is COCCC(=O)NC(C(N)=NO)C1CC1. The summed E-state index contributed by atoms with van der Waals surface area (Å²) in [5, 5.41) is 14.2. The zero-order valence-corrected chi connectivity index (χ0v) is 8.77. The molecule has 0 saturated heterocycles. The molecule has 6 nitrogen and oxygen atoms in total. The average Bonchev–Trinajstić information content (AvgIpc) is 3.05. The van der Waals surface area contributed by atoms with Gasteiger partial charge in [-0.15, -0.1) is 0 Å². The van der Waals surface area contributed by atoms with Crippen molar-refractivity contribution in [1.29, 1.82) is 0 Å². The Bertz CT molecular complexity index is 251. The summed E-state index contributed by atoms with van der Waals surface area (Å²) in [4.78, 5) is 11.4. The average molecular weight is 215 g/mol. The Morgan fingerprint density at radius 2 is 2.40 bits per heavy atom. The van der Waals surface area contributed by atoms with E-state index in [0.29, 0.717) is 18.9 Å². The minimum atomic E-state index is -0.334. The van der Waals surface area contributed by atoms with Crippen LogP contribution in [0.5, 0.6) is 0 Å². The van der Waals surface area contributed by atoms with E-state index in [1.165, 1.54) is 7.11 Å². The number of amides is 1. The van der Waals surface area contributed by atoms with E-state index in [1.807, 2.05) is 0 Å². The molecule has 1 amide bonds. The summed E-state index contributed by atoms with van der Waals surface area (Å²) >= 11 is 0. The molecule has 0 heterocycles. The summed E-state index contributed by atoms with van der Waals surface area (Å²) in [7, 11) is 1.54. The maximum absolute atomic E-state index is 11.4. The quantitative estimate of drug-likeness (QED) is 0.244. The smallest absolute Gasteiger partial charge is 0.222 e. The summed E-state index contributed by atoms with van der Waals surface area (Å²) in [5.41, 5.74) is 5.49. The molecule has 1 fully saturated rings. The molecule has 15 heavy (non-hydrogen) atoms. The number of methoxy groups -OCH3 is 1. The molecular weight excluding hydrogens is 198 g/mol. The van der Waals surface area contributed by atoms with Crippen molar-refractivity contribution in [3.05, 3.63) is 0 Å². The first-order valence-corrected chi connectivity index (χ1v) is 4.94. The van der Waals surface area contributed by atoms with Gasteiger partial charge in [-0.2, -0.15) is 0 Å². The van der Waals surface area contributed by atoms with Crippen LogP contribution in [-0.2, 0) is 9.53 Å². The van der Waals surface area contributed by atoms with Gasteiger partial charge in [0.15, 0.2) is 5.84 Å². The van der Waals surface area contributed by atoms with Crippen LogP contribution < -0.4 is 11.1 Å². The lowest BCUT2D eigenvalue weighted by Gasteiger charge is -2.16. The van der Waals surface area contributed by atoms with Crippen LogP contribution in [0.3, 0.4) is 0 Å². The summed E-state index contributed by atoms with van der Waals surface area (Å²) < 4.78 is 4.79. The van der Waals surface area contributed by atoms with E-state index in [1.54, 1.807) is 0 Å². The molecule has 1 atom stereocenters. The second-order valence-electron chi connectivity index (χ2n) is 3.65. The highest BCUT2D eigenvalue weighted by atomic mass is 16.5. The molecule has 0 spiro atoms. The Labute approximate surface area is 88.5 Å². The first kappa shape index (κ1) is 11.8. The number of hydrogen-bond donors (Lipinski definition) is 3. The molecule has 0 bridgehead atoms. The van der Waals surface area contributed by atoms with Gasteiger partial charge in [-0.3, -0.25) is 4.79 Å². The number of hydrogen-bond acceptors (Lipinski definition) is 4. The Hall–Kier alpha value is -1.30. The zero-order chi connectivity index (χ0) is 11.3. The molecule has 0 aromatic heterocycles. The molecular formula is C9H17N3O3. The van der Waals surface area contributed by atoms with Crippen LogP contribution in [0.2, 0.25) is 0 Å². The molecule has 6 heteroatoms. The molecule has 0 aromatic carbocycles. The lowest BCUT2D eigenvalue weighted by atomic mass is 10.1. The summed E-state index contributed by atoms with van der Waals surface area (Å²) in [6.07, 6.45) is 2.30. The number of oxime groups is 1. The van der Waals surface area contributed by atoms with Gasteiger partial charge in [0, 0.05) is 13.5 Å². The van der Waals surface area contributed by atoms with Crippen molar-refractivity contribution < 1.29 is 14.7 Å². The highest BCUT2D eigenvalue weighted by molar-refractivity contribution is 5.90. The predicted molar refractivity (Wildman–Crippen MR) is 54.6 cm³/mol. The summed E-state index contributed by atoms with van der Waals surface area (Å²) in [5.74, 6) is 0.246. The Morgan fingerprint density at radius 3 is 2.87 bits per heavy atom. The first-order chi connectivity index (χ1) is 7.19. The molecule has 1 unspecified atom stereocenters. The van der Waals surface area contributed by atoms with Gasteiger partial charge >= 0.3 is 0 Å². The topological polar surface area (TPSA) is 96.9 Å². The number of rotatable bonds is 6. The molecule has 0 radical (unpaired) electrons. The lowest BCUT2D eigenvalue weighted by molar-refractivity contribution is -0.122. The third-order valence-corrected chi connectivity index (χ3v) is 2.38. The van der Waals surface area contributed by atoms with Gasteiger partial charge < -0.3 is 21.0 Å². The minimum Gasteiger partial charge on any atom is -0.409 e. The fourth-order valence-electron chi connectivity index (χ4n) is 1.37. The number of nitrogens with zero attached hydrogens (tertiary/aromatic N) is 1. The molecule has 1 rings (SSSR count). The predicted octanol–water partition coefficient (Wildman–Crippen LogP) is -0.336. The summed E-state index contributed by atoms with van der Waals surface area (Å²) in [6.45, 7) is 0.374. The molecule has 1 aliphatic carbocycles. The standard InChI is InChI=1S/C9H17N3O3/c1-15-5-4-7(13)11-8(6-2-3-6)9(10)12-14/h6,8,14H,2-5H2,1H3,(H2,10,12)(H,11,13). The van der Waals surface area contributed by atoms with Gasteiger partial charge in [0.1, 0.15) is 0 Å². The van der Waals surface area contributed by atoms with Gasteiger partial charge in [0.2, 0.25) is 5.91 Å². The van der Waals surface area contributed by atoms with Crippen molar-refractivity contribution >= 4 is 11.7 Å². The number of ether oxygens (including phenoxy) is 1. The van der Waals surface area contributed by atoms with E-state index in [2.05, 4.69) is 10.5 Å². The Balaban J connectivity index is 2.40. The monoisotopic (exact) mass is 215 g/mol. The fraction of sp³-hybridized carbons (Fsp3) is 0.778. The van der Waals surface area contributed by atoms with Gasteiger partial charge in [0.25, 0.3) is 0 Å². The number of nitrogens with two attached hydrogens (primary N) is 1. The Morgan fingerprint density at radius 1 is 1.73 bits per heavy atom. The van der Waals surface area contributed by atoms with Crippen molar-refractivity contribution in [3.63, 3.8) is 0 Å². The van der Waals surface area contributed by atoms with Gasteiger partial charge in [0.05, 0.1) is 12.6 Å². The van der Waals surface area contributed by atoms with Crippen LogP contribution in [0.25, 0.3) is 0 Å². The minimum absolute atomic E-state index is 0.0725. The van der Waals surface area contributed by atoms with E-state index < -0.39 is 0 Å². The van der Waals surface area contributed by atoms with Crippen molar-refractivity contribution in [2.45, 2.75) is 25.3 Å². The molecule has 4 N–H and O–H groups in total. The Kier molecular flexibility index (Phi) is 4.36. The van der Waals surface area contributed by atoms with E-state index in [9.17, 15) is 4.79 Å². The third kappa shape index (κ3) is 3.75. The van der Waals surface area contributed by atoms with Gasteiger partial charge in [-0.25, -0.2) is 0 Å². The number of nitrogens with one attached hydrogen (secondary N) is 1. The van der Waals surface area contributed by atoms with E-state index in [0.717, 1.165) is 12.8 Å². The zero-order valence-electron chi connectivity index (χ0n) is 8.77. The molecule has 1 saturated carbocycles. The van der Waals surface area contributed by atoms with Crippen molar-refractivity contribution in [2.75, 3.05) is 13.7 Å². The second-order valence-corrected chi connectivity index (χ2v) is 3.65. The van der Waals surface area contributed by atoms with Crippen LogP contribution in [0.15, 0.2) is 5.16 Å². The molecule has 0 aliphatic heterocycles. The van der Waals surface area contributed by atoms with Crippen LogP contribution in [0.1, 0.15) is 19.3 Å². The fourth-order valence-corrected chi connectivity index (χ4v) is 1.37.